The number of benzene rings is 2. The highest BCUT2D eigenvalue weighted by atomic mass is 35.5. The first-order valence-corrected chi connectivity index (χ1v) is 7.41. The number of aryl methyl sites for hydroxylation is 1. The molecule has 1 aliphatic rings. The summed E-state index contributed by atoms with van der Waals surface area (Å²) in [5, 5.41) is 0.451. The Bertz CT molecular complexity index is 1040. The van der Waals surface area contributed by atoms with Crippen LogP contribution in [0.2, 0.25) is 5.02 Å². The Morgan fingerprint density at radius 2 is 2.09 bits per heavy atom. The Kier molecular flexibility index (Phi) is 2.57. The monoisotopic (exact) mass is 329 g/mol. The van der Waals surface area contributed by atoms with Crippen LogP contribution in [0.5, 0.6) is 0 Å². The lowest BCUT2D eigenvalue weighted by Gasteiger charge is -2.14. The predicted molar refractivity (Wildman–Crippen MR) is 89.1 cm³/mol. The van der Waals surface area contributed by atoms with Crippen molar-refractivity contribution in [2.75, 3.05) is 0 Å². The van der Waals surface area contributed by atoms with Gasteiger partial charge in [-0.3, -0.25) is 9.56 Å². The zero-order chi connectivity index (χ0) is 18.5. The van der Waals surface area contributed by atoms with Gasteiger partial charge in [-0.25, -0.2) is 9.37 Å². The molecule has 1 aliphatic heterocycles. The minimum atomic E-state index is -2.39. The standard InChI is InChI=1S/C18H13ClFN3/c1-11-21-9-13-10-22-18(14-4-2-3-5-16(14)20)15-8-12(19)6-7-17(15)23(11)13/h2-9H,10H2,1H3/i1+1D3. The summed E-state index contributed by atoms with van der Waals surface area (Å²) in [6, 6.07) is 11.4. The third-order valence-corrected chi connectivity index (χ3v) is 4.05. The summed E-state index contributed by atoms with van der Waals surface area (Å²) < 4.78 is 39.2. The maximum Gasteiger partial charge on any atom is 0.132 e. The molecule has 0 amide bonds. The lowest BCUT2D eigenvalue weighted by atomic mass is 10.00. The molecule has 3 aromatic rings. The number of hydrogen-bond donors (Lipinski definition) is 0. The molecule has 3 nitrogen and oxygen atoms in total. The number of imidazole rings is 1. The van der Waals surface area contributed by atoms with E-state index in [1.807, 2.05) is 0 Å². The molecule has 0 spiro atoms. The van der Waals surface area contributed by atoms with Crippen LogP contribution in [0.3, 0.4) is 0 Å². The number of nitrogens with zero attached hydrogens (tertiary/aromatic N) is 3. The molecular formula is C18H13ClFN3. The lowest BCUT2D eigenvalue weighted by molar-refractivity contribution is 0.625. The summed E-state index contributed by atoms with van der Waals surface area (Å²) in [5.74, 6) is -0.459. The summed E-state index contributed by atoms with van der Waals surface area (Å²) in [4.78, 5) is 8.62. The molecule has 23 heavy (non-hydrogen) atoms. The van der Waals surface area contributed by atoms with Crippen molar-refractivity contribution < 1.29 is 8.50 Å². The Balaban J connectivity index is 2.02. The first kappa shape index (κ1) is 11.1. The molecule has 5 heteroatoms. The van der Waals surface area contributed by atoms with E-state index in [2.05, 4.69) is 9.98 Å². The molecule has 0 aliphatic carbocycles. The molecule has 0 saturated heterocycles. The van der Waals surface area contributed by atoms with Crippen molar-refractivity contribution in [1.82, 2.24) is 9.55 Å². The van der Waals surface area contributed by atoms with Gasteiger partial charge in [0.1, 0.15) is 11.6 Å². The fourth-order valence-electron chi connectivity index (χ4n) is 2.79. The van der Waals surface area contributed by atoms with Crippen molar-refractivity contribution >= 4 is 17.3 Å². The Hall–Kier alpha value is -2.46. The molecule has 0 radical (unpaired) electrons. The molecule has 2 aromatic carbocycles. The van der Waals surface area contributed by atoms with Crippen LogP contribution in [0.25, 0.3) is 5.69 Å². The summed E-state index contributed by atoms with van der Waals surface area (Å²) in [6.45, 7) is -2.21. The molecule has 0 atom stereocenters. The Morgan fingerprint density at radius 1 is 1.22 bits per heavy atom. The maximum absolute atomic E-state index is 14.4. The van der Waals surface area contributed by atoms with Gasteiger partial charge in [0.15, 0.2) is 0 Å². The molecule has 114 valence electrons. The van der Waals surface area contributed by atoms with E-state index in [1.54, 1.807) is 41.0 Å². The molecule has 1 aromatic heterocycles. The Morgan fingerprint density at radius 3 is 2.91 bits per heavy atom. The maximum atomic E-state index is 14.4. The highest BCUT2D eigenvalue weighted by Crippen LogP contribution is 2.29. The second-order valence-electron chi connectivity index (χ2n) is 5.21. The molecular weight excluding hydrogens is 314 g/mol. The van der Waals surface area contributed by atoms with Gasteiger partial charge in [0.2, 0.25) is 0 Å². The van der Waals surface area contributed by atoms with Crippen LogP contribution in [0, 0.1) is 12.7 Å². The smallest absolute Gasteiger partial charge is 0.132 e. The largest absolute Gasteiger partial charge is 0.298 e. The van der Waals surface area contributed by atoms with Gasteiger partial charge in [-0.1, -0.05) is 23.7 Å². The minimum Gasteiger partial charge on any atom is -0.298 e. The van der Waals surface area contributed by atoms with Crippen LogP contribution in [0.1, 0.15) is 26.8 Å². The van der Waals surface area contributed by atoms with Gasteiger partial charge in [-0.05, 0) is 37.2 Å². The van der Waals surface area contributed by atoms with Gasteiger partial charge in [0.25, 0.3) is 0 Å². The number of fused-ring (bicyclic) bond motifs is 3. The number of aliphatic imine (C=N–C) groups is 1. The van der Waals surface area contributed by atoms with Crippen LogP contribution < -0.4 is 0 Å². The fourth-order valence-corrected chi connectivity index (χ4v) is 2.96. The molecule has 4 rings (SSSR count). The van der Waals surface area contributed by atoms with E-state index < -0.39 is 12.7 Å². The highest BCUT2D eigenvalue weighted by Gasteiger charge is 2.22. The van der Waals surface area contributed by atoms with E-state index in [-0.39, 0.29) is 12.4 Å². The normalized spacial score (nSPS) is 15.6. The first-order valence-electron chi connectivity index (χ1n) is 8.53. The van der Waals surface area contributed by atoms with Gasteiger partial charge in [0, 0.05) is 20.3 Å². The van der Waals surface area contributed by atoms with Crippen LogP contribution >= 0.6 is 11.6 Å². The zero-order valence-corrected chi connectivity index (χ0v) is 12.7. The molecule has 0 bridgehead atoms. The van der Waals surface area contributed by atoms with Gasteiger partial charge in [-0.2, -0.15) is 0 Å². The highest BCUT2D eigenvalue weighted by molar-refractivity contribution is 6.31. The van der Waals surface area contributed by atoms with E-state index in [0.29, 0.717) is 33.2 Å². The van der Waals surface area contributed by atoms with Crippen molar-refractivity contribution in [3.8, 4) is 5.69 Å². The third kappa shape index (κ3) is 2.26. The fraction of sp³-hybridized carbons (Fsp3) is 0.111. The minimum absolute atomic E-state index is 0.0546. The second kappa shape index (κ2) is 5.32. The van der Waals surface area contributed by atoms with E-state index in [9.17, 15) is 4.39 Å². The van der Waals surface area contributed by atoms with E-state index in [4.69, 9.17) is 15.7 Å². The van der Waals surface area contributed by atoms with E-state index in [0.717, 1.165) is 0 Å². The van der Waals surface area contributed by atoms with Crippen molar-refractivity contribution in [2.45, 2.75) is 13.4 Å². The van der Waals surface area contributed by atoms with Crippen LogP contribution in [0.15, 0.2) is 53.7 Å². The SMILES string of the molecule is [2H][13C]([2H])([2H])c1ncc2n1-c1ccc(Cl)cc1C(c1ccccc1F)=NC2. The van der Waals surface area contributed by atoms with Crippen molar-refractivity contribution in [3.05, 3.63) is 82.1 Å². The summed E-state index contributed by atoms with van der Waals surface area (Å²) in [5.41, 5.74) is 2.51. The van der Waals surface area contributed by atoms with Gasteiger partial charge >= 0.3 is 0 Å². The van der Waals surface area contributed by atoms with Crippen molar-refractivity contribution in [2.24, 2.45) is 4.99 Å². The molecule has 0 N–H and O–H groups in total. The summed E-state index contributed by atoms with van der Waals surface area (Å²) in [7, 11) is 0. The third-order valence-electron chi connectivity index (χ3n) is 3.82. The zero-order valence-electron chi connectivity index (χ0n) is 14.9. The molecule has 0 fully saturated rings. The van der Waals surface area contributed by atoms with Gasteiger partial charge in [0.05, 0.1) is 29.8 Å². The van der Waals surface area contributed by atoms with Crippen LogP contribution in [-0.4, -0.2) is 15.3 Å². The van der Waals surface area contributed by atoms with Crippen molar-refractivity contribution in [1.29, 1.82) is 0 Å². The number of rotatable bonds is 1. The molecule has 0 saturated carbocycles. The average Bonchev–Trinajstić information content (AvgIpc) is 2.95. The molecule has 2 heterocycles. The number of hydrogen-bond acceptors (Lipinski definition) is 2. The van der Waals surface area contributed by atoms with Gasteiger partial charge < -0.3 is 0 Å². The number of aromatic nitrogens is 2. The average molecular weight is 330 g/mol. The van der Waals surface area contributed by atoms with Crippen molar-refractivity contribution in [3.63, 3.8) is 0 Å². The second-order valence-corrected chi connectivity index (χ2v) is 5.65. The summed E-state index contributed by atoms with van der Waals surface area (Å²) in [6.07, 6.45) is 1.49. The Labute approximate surface area is 142 Å². The molecule has 0 unspecified atom stereocenters. The van der Waals surface area contributed by atoms with E-state index >= 15 is 0 Å². The quantitative estimate of drug-likeness (QED) is 0.611. The first-order chi connectivity index (χ1) is 12.4. The number of halogens is 2. The summed E-state index contributed by atoms with van der Waals surface area (Å²) >= 11 is 6.17. The lowest BCUT2D eigenvalue weighted by Crippen LogP contribution is -2.09. The predicted octanol–water partition coefficient (Wildman–Crippen LogP) is 4.32. The van der Waals surface area contributed by atoms with Crippen LogP contribution in [-0.2, 0) is 6.54 Å². The van der Waals surface area contributed by atoms with E-state index in [1.165, 1.54) is 12.3 Å². The topological polar surface area (TPSA) is 30.2 Å². The van der Waals surface area contributed by atoms with Gasteiger partial charge in [-0.15, -0.1) is 0 Å². The van der Waals surface area contributed by atoms with Crippen LogP contribution in [0.4, 0.5) is 4.39 Å².